The van der Waals surface area contributed by atoms with Gasteiger partial charge in [-0.15, -0.1) is 0 Å². The summed E-state index contributed by atoms with van der Waals surface area (Å²) in [7, 11) is 0. The van der Waals surface area contributed by atoms with Crippen molar-refractivity contribution in [2.24, 2.45) is 11.8 Å². The lowest BCUT2D eigenvalue weighted by molar-refractivity contribution is -0.113. The van der Waals surface area contributed by atoms with E-state index in [-0.39, 0.29) is 17.1 Å². The molecule has 0 radical (unpaired) electrons. The average molecular weight is 318 g/mol. The molecule has 4 rings (SSSR count). The van der Waals surface area contributed by atoms with Gasteiger partial charge in [-0.05, 0) is 36.1 Å². The Bertz CT molecular complexity index is 871. The molecule has 1 aliphatic carbocycles. The van der Waals surface area contributed by atoms with E-state index in [4.69, 9.17) is 21.8 Å². The van der Waals surface area contributed by atoms with Crippen LogP contribution in [-0.2, 0) is 11.2 Å². The lowest BCUT2D eigenvalue weighted by atomic mass is 10.2. The number of nitrogen functional groups attached to an aromatic ring is 1. The van der Waals surface area contributed by atoms with Gasteiger partial charge in [-0.2, -0.15) is 5.10 Å². The zero-order valence-corrected chi connectivity index (χ0v) is 12.2. The molecule has 2 N–H and O–H groups in total. The Morgan fingerprint density at radius 3 is 3.14 bits per heavy atom. The predicted octanol–water partition coefficient (Wildman–Crippen LogP) is 1.91. The Kier molecular flexibility index (Phi) is 2.90. The highest BCUT2D eigenvalue weighted by Crippen LogP contribution is 2.43. The molecule has 1 aliphatic rings. The summed E-state index contributed by atoms with van der Waals surface area (Å²) in [5.74, 6) is 1.94. The van der Waals surface area contributed by atoms with Crippen molar-refractivity contribution in [1.82, 2.24) is 19.6 Å². The molecule has 0 aliphatic heterocycles. The van der Waals surface area contributed by atoms with Crippen molar-refractivity contribution < 1.29 is 9.21 Å². The first-order valence-electron chi connectivity index (χ1n) is 6.86. The number of aromatic nitrogens is 4. The average Bonchev–Trinajstić information content (AvgIpc) is 2.87. The maximum atomic E-state index is 11.1. The number of nitrogens with zero attached hydrogens (tertiary/aromatic N) is 4. The largest absolute Gasteiger partial charge is 0.459 e. The first-order valence-corrected chi connectivity index (χ1v) is 7.24. The monoisotopic (exact) mass is 317 g/mol. The molecule has 2 unspecified atom stereocenters. The second kappa shape index (κ2) is 4.81. The number of furan rings is 1. The van der Waals surface area contributed by atoms with Gasteiger partial charge in [-0.1, -0.05) is 0 Å². The number of carbonyl (C=O) groups is 1. The molecule has 0 bridgehead atoms. The van der Waals surface area contributed by atoms with Crippen LogP contribution >= 0.6 is 11.6 Å². The minimum absolute atomic E-state index is 0.0380. The number of nitrogens with two attached hydrogens (primary N) is 1. The quantitative estimate of drug-likeness (QED) is 0.738. The minimum atomic E-state index is -0.264. The molecule has 3 aromatic rings. The summed E-state index contributed by atoms with van der Waals surface area (Å²) < 4.78 is 7.39. The van der Waals surface area contributed by atoms with Crippen LogP contribution in [0.3, 0.4) is 0 Å². The summed E-state index contributed by atoms with van der Waals surface area (Å²) in [6.45, 7) is 0. The molecule has 1 fully saturated rings. The van der Waals surface area contributed by atoms with Gasteiger partial charge in [-0.3, -0.25) is 4.79 Å². The van der Waals surface area contributed by atoms with Crippen LogP contribution in [0.1, 0.15) is 12.2 Å². The molecular weight excluding hydrogens is 306 g/mol. The summed E-state index contributed by atoms with van der Waals surface area (Å²) in [5, 5.41) is 3.79. The van der Waals surface area contributed by atoms with Crippen molar-refractivity contribution in [3.63, 3.8) is 0 Å². The Labute approximate surface area is 130 Å². The van der Waals surface area contributed by atoms with Gasteiger partial charge in [0.2, 0.25) is 5.24 Å². The molecule has 3 heterocycles. The van der Waals surface area contributed by atoms with Gasteiger partial charge in [0.25, 0.3) is 0 Å². The summed E-state index contributed by atoms with van der Waals surface area (Å²) in [4.78, 5) is 19.5. The molecule has 0 spiro atoms. The van der Waals surface area contributed by atoms with Gasteiger partial charge in [0.1, 0.15) is 17.9 Å². The summed E-state index contributed by atoms with van der Waals surface area (Å²) in [6.07, 6.45) is 4.54. The van der Waals surface area contributed by atoms with Crippen LogP contribution in [-0.4, -0.2) is 24.8 Å². The smallest absolute Gasteiger partial charge is 0.225 e. The van der Waals surface area contributed by atoms with Gasteiger partial charge in [0.05, 0.1) is 6.20 Å². The molecule has 0 amide bonds. The number of halogens is 1. The van der Waals surface area contributed by atoms with E-state index in [0.29, 0.717) is 29.3 Å². The van der Waals surface area contributed by atoms with E-state index < -0.39 is 0 Å². The maximum absolute atomic E-state index is 11.1. The number of carbonyl (C=O) groups excluding carboxylic acids is 1. The Balaban J connectivity index is 1.63. The maximum Gasteiger partial charge on any atom is 0.225 e. The fourth-order valence-corrected chi connectivity index (χ4v) is 2.90. The van der Waals surface area contributed by atoms with E-state index in [2.05, 4.69) is 15.1 Å². The molecule has 0 saturated heterocycles. The van der Waals surface area contributed by atoms with E-state index >= 15 is 0 Å². The Morgan fingerprint density at radius 2 is 2.36 bits per heavy atom. The lowest BCUT2D eigenvalue weighted by Gasteiger charge is -2.01. The minimum Gasteiger partial charge on any atom is -0.459 e. The first-order chi connectivity index (χ1) is 10.6. The van der Waals surface area contributed by atoms with Crippen LogP contribution < -0.4 is 5.73 Å². The fraction of sp³-hybridized carbons (Fsp3) is 0.286. The van der Waals surface area contributed by atoms with E-state index in [1.54, 1.807) is 10.7 Å². The number of fused-ring (bicyclic) bond motifs is 1. The normalized spacial score (nSPS) is 20.4. The first kappa shape index (κ1) is 13.3. The molecule has 112 valence electrons. The Morgan fingerprint density at radius 1 is 1.50 bits per heavy atom. The topological polar surface area (TPSA) is 99.3 Å². The van der Waals surface area contributed by atoms with Gasteiger partial charge >= 0.3 is 0 Å². The highest BCUT2D eigenvalue weighted by atomic mass is 35.5. The number of hydrogen-bond donors (Lipinski definition) is 1. The zero-order chi connectivity index (χ0) is 15.3. The fourth-order valence-electron chi connectivity index (χ4n) is 2.64. The highest BCUT2D eigenvalue weighted by molar-refractivity contribution is 6.64. The third-order valence-corrected chi connectivity index (χ3v) is 4.13. The molecule has 0 aromatic carbocycles. The predicted molar refractivity (Wildman–Crippen MR) is 79.1 cm³/mol. The van der Waals surface area contributed by atoms with E-state index in [9.17, 15) is 4.79 Å². The molecular formula is C14H12ClN5O2. The van der Waals surface area contributed by atoms with Gasteiger partial charge in [-0.25, -0.2) is 14.5 Å². The standard InChI is InChI=1S/C14H12ClN5O2/c15-13(21)9-4-7(9)3-8-1-2-10(22-8)12-14-17-6-18-20(14)5-11(16)19-12/h1-2,5-7,9H,3-4,16H2. The zero-order valence-electron chi connectivity index (χ0n) is 11.4. The van der Waals surface area contributed by atoms with Crippen LogP contribution in [0.25, 0.3) is 17.1 Å². The van der Waals surface area contributed by atoms with Crippen LogP contribution in [0.4, 0.5) is 5.82 Å². The van der Waals surface area contributed by atoms with Crippen molar-refractivity contribution in [3.05, 3.63) is 30.4 Å². The van der Waals surface area contributed by atoms with Crippen LogP contribution in [0.5, 0.6) is 0 Å². The summed E-state index contributed by atoms with van der Waals surface area (Å²) in [5.41, 5.74) is 6.90. The molecule has 3 aromatic heterocycles. The SMILES string of the molecule is Nc1cn2ncnc2c(-c2ccc(CC3CC3C(=O)Cl)o2)n1. The van der Waals surface area contributed by atoms with Crippen LogP contribution in [0, 0.1) is 11.8 Å². The Hall–Kier alpha value is -2.41. The summed E-state index contributed by atoms with van der Waals surface area (Å²) >= 11 is 5.50. The third-order valence-electron chi connectivity index (χ3n) is 3.85. The molecule has 8 heteroatoms. The molecule has 22 heavy (non-hydrogen) atoms. The van der Waals surface area contributed by atoms with Crippen molar-refractivity contribution in [2.75, 3.05) is 5.73 Å². The molecule has 2 atom stereocenters. The van der Waals surface area contributed by atoms with E-state index in [1.165, 1.54) is 6.33 Å². The number of anilines is 1. The van der Waals surface area contributed by atoms with Gasteiger partial charge in [0, 0.05) is 12.3 Å². The van der Waals surface area contributed by atoms with Gasteiger partial charge < -0.3 is 10.2 Å². The van der Waals surface area contributed by atoms with Crippen molar-refractivity contribution >= 4 is 28.3 Å². The lowest BCUT2D eigenvalue weighted by Crippen LogP contribution is -1.99. The van der Waals surface area contributed by atoms with Gasteiger partial charge in [0.15, 0.2) is 17.1 Å². The van der Waals surface area contributed by atoms with E-state index in [0.717, 1.165) is 12.2 Å². The second-order valence-electron chi connectivity index (χ2n) is 5.42. The van der Waals surface area contributed by atoms with Crippen LogP contribution in [0.2, 0.25) is 0 Å². The molecule has 1 saturated carbocycles. The summed E-state index contributed by atoms with van der Waals surface area (Å²) in [6, 6.07) is 3.70. The second-order valence-corrected chi connectivity index (χ2v) is 5.79. The van der Waals surface area contributed by atoms with Crippen molar-refractivity contribution in [1.29, 1.82) is 0 Å². The van der Waals surface area contributed by atoms with E-state index in [1.807, 2.05) is 12.1 Å². The van der Waals surface area contributed by atoms with Crippen LogP contribution in [0.15, 0.2) is 29.1 Å². The molecule has 7 nitrogen and oxygen atoms in total. The van der Waals surface area contributed by atoms with Crippen molar-refractivity contribution in [3.8, 4) is 11.5 Å². The third kappa shape index (κ3) is 2.23. The number of rotatable bonds is 4. The highest BCUT2D eigenvalue weighted by Gasteiger charge is 2.42. The van der Waals surface area contributed by atoms with Crippen molar-refractivity contribution in [2.45, 2.75) is 12.8 Å². The number of hydrogen-bond acceptors (Lipinski definition) is 6.